The average molecular weight is 438 g/mol. The Hall–Kier alpha value is -1.30. The number of unbranched alkanes of at least 4 members (excludes halogenated alkanes) is 6. The number of amides is 1. The summed E-state index contributed by atoms with van der Waals surface area (Å²) in [6.07, 6.45) is 2.49. The number of hydrogen-bond donors (Lipinski definition) is 7. The van der Waals surface area contributed by atoms with Gasteiger partial charge in [0.2, 0.25) is 5.91 Å². The second-order valence-electron chi connectivity index (χ2n) is 7.68. The van der Waals surface area contributed by atoms with Crippen LogP contribution in [0.25, 0.3) is 0 Å². The molecule has 0 aromatic heterocycles. The molecule has 0 aliphatic carbocycles. The van der Waals surface area contributed by atoms with Gasteiger partial charge in [0.05, 0.1) is 18.8 Å². The first kappa shape index (κ1) is 28.7. The Balaban J connectivity index is 0.000000787. The molecule has 1 aliphatic heterocycles. The minimum absolute atomic E-state index is 0.598. The second-order valence-corrected chi connectivity index (χ2v) is 7.68. The molecule has 10 heteroatoms. The highest BCUT2D eigenvalue weighted by Gasteiger charge is 2.53. The third kappa shape index (κ3) is 9.67. The van der Waals surface area contributed by atoms with Crippen molar-refractivity contribution >= 4 is 11.9 Å². The van der Waals surface area contributed by atoms with Gasteiger partial charge in [-0.05, 0) is 0 Å². The van der Waals surface area contributed by atoms with Gasteiger partial charge in [-0.2, -0.15) is 0 Å². The Bertz CT molecular complexity index is 499. The lowest BCUT2D eigenvalue weighted by Crippen LogP contribution is -2.67. The van der Waals surface area contributed by atoms with Crippen molar-refractivity contribution in [2.45, 2.75) is 108 Å². The van der Waals surface area contributed by atoms with Crippen molar-refractivity contribution in [1.29, 1.82) is 0 Å². The van der Waals surface area contributed by atoms with Gasteiger partial charge in [0, 0.05) is 13.3 Å². The van der Waals surface area contributed by atoms with Crippen LogP contribution in [0.2, 0.25) is 0 Å². The van der Waals surface area contributed by atoms with Gasteiger partial charge in [-0.1, -0.05) is 58.8 Å². The predicted molar refractivity (Wildman–Crippen MR) is 108 cm³/mol. The molecule has 178 valence electrons. The van der Waals surface area contributed by atoms with E-state index >= 15 is 0 Å². The average Bonchev–Trinajstić information content (AvgIpc) is 2.68. The lowest BCUT2D eigenvalue weighted by atomic mass is 9.88. The van der Waals surface area contributed by atoms with Crippen LogP contribution in [0.5, 0.6) is 0 Å². The molecule has 1 aliphatic rings. The van der Waals surface area contributed by atoms with Gasteiger partial charge in [-0.3, -0.25) is 4.79 Å². The molecule has 0 bridgehead atoms. The van der Waals surface area contributed by atoms with Crippen molar-refractivity contribution in [1.82, 2.24) is 5.32 Å². The summed E-state index contributed by atoms with van der Waals surface area (Å²) in [7, 11) is 0. The largest absolute Gasteiger partial charge is 0.477 e. The van der Waals surface area contributed by atoms with Crippen molar-refractivity contribution in [2.75, 3.05) is 6.61 Å². The van der Waals surface area contributed by atoms with Crippen LogP contribution in [0.15, 0.2) is 0 Å². The molecular formula is C20H39NO9. The van der Waals surface area contributed by atoms with Gasteiger partial charge >= 0.3 is 5.97 Å². The highest BCUT2D eigenvalue weighted by Crippen LogP contribution is 2.30. The van der Waals surface area contributed by atoms with Crippen LogP contribution in [-0.4, -0.2) is 85.4 Å². The summed E-state index contributed by atoms with van der Waals surface area (Å²) >= 11 is 0. The zero-order chi connectivity index (χ0) is 23.3. The van der Waals surface area contributed by atoms with Crippen LogP contribution >= 0.6 is 0 Å². The molecule has 6 atom stereocenters. The molecule has 0 radical (unpaired) electrons. The molecule has 1 fully saturated rings. The Labute approximate surface area is 177 Å². The Morgan fingerprint density at radius 2 is 1.60 bits per heavy atom. The second kappa shape index (κ2) is 14.7. The molecule has 2 unspecified atom stereocenters. The fourth-order valence-electron chi connectivity index (χ4n) is 3.17. The van der Waals surface area contributed by atoms with Gasteiger partial charge in [0.15, 0.2) is 0 Å². The first-order valence-electron chi connectivity index (χ1n) is 10.6. The lowest BCUT2D eigenvalue weighted by Gasteiger charge is -2.44. The topological polar surface area (TPSA) is 177 Å². The van der Waals surface area contributed by atoms with Crippen LogP contribution in [0, 0.1) is 0 Å². The van der Waals surface area contributed by atoms with E-state index in [0.717, 1.165) is 6.92 Å². The number of carbonyl (C=O) groups is 2. The number of hydrogen-bond acceptors (Lipinski definition) is 8. The van der Waals surface area contributed by atoms with E-state index in [1.807, 2.05) is 0 Å². The number of carbonyl (C=O) groups excluding carboxylic acids is 1. The van der Waals surface area contributed by atoms with E-state index in [1.54, 1.807) is 0 Å². The highest BCUT2D eigenvalue weighted by molar-refractivity contribution is 5.76. The molecule has 1 rings (SSSR count). The number of aliphatic carboxylic acids is 1. The molecule has 1 saturated heterocycles. The molecule has 7 N–H and O–H groups in total. The maximum Gasteiger partial charge on any atom is 0.364 e. The molecule has 30 heavy (non-hydrogen) atoms. The van der Waals surface area contributed by atoms with E-state index in [0.29, 0.717) is 0 Å². The zero-order valence-electron chi connectivity index (χ0n) is 18.2. The van der Waals surface area contributed by atoms with Gasteiger partial charge in [0.25, 0.3) is 5.79 Å². The van der Waals surface area contributed by atoms with Crippen molar-refractivity contribution in [3.63, 3.8) is 0 Å². The van der Waals surface area contributed by atoms with Crippen molar-refractivity contribution in [3.05, 3.63) is 0 Å². The van der Waals surface area contributed by atoms with E-state index in [2.05, 4.69) is 19.2 Å². The van der Waals surface area contributed by atoms with Crippen LogP contribution in [0.1, 0.15) is 72.1 Å². The number of carboxylic acids is 1. The number of carboxylic acid groups (broad SMARTS) is 1. The number of ether oxygens (including phenoxy) is 1. The molecule has 0 spiro atoms. The maximum absolute atomic E-state index is 11.1. The van der Waals surface area contributed by atoms with E-state index in [4.69, 9.17) is 14.9 Å². The summed E-state index contributed by atoms with van der Waals surface area (Å²) < 4.78 is 4.86. The molecule has 1 heterocycles. The third-order valence-corrected chi connectivity index (χ3v) is 4.91. The first-order chi connectivity index (χ1) is 14.0. The Morgan fingerprint density at radius 1 is 1.10 bits per heavy atom. The van der Waals surface area contributed by atoms with Crippen molar-refractivity contribution < 1.29 is 45.0 Å². The van der Waals surface area contributed by atoms with E-state index in [-0.39, 0.29) is 0 Å². The first-order valence-corrected chi connectivity index (χ1v) is 10.6. The van der Waals surface area contributed by atoms with Gasteiger partial charge in [-0.25, -0.2) is 4.79 Å². The van der Waals surface area contributed by atoms with Gasteiger partial charge in [-0.15, -0.1) is 0 Å². The molecule has 10 nitrogen and oxygen atoms in total. The van der Waals surface area contributed by atoms with E-state index < -0.39 is 61.1 Å². The van der Waals surface area contributed by atoms with Crippen LogP contribution in [0.4, 0.5) is 0 Å². The fraction of sp³-hybridized carbons (Fsp3) is 0.900. The molecule has 0 saturated carbocycles. The standard InChI is InChI=1S/C11H19NO9.C9H20/c1-4(14)12-7-5(15)2-11(20,10(18)19)21-9(7)8(17)6(16)3-13;1-3-5-7-9-8-6-4-2/h5-9,13,15-17,20H,2-3H2,1H3,(H,12,14)(H,18,19);3-9H2,1-2H3/t5-,6+,7+,8?,9+,11?;/m0./s1. The van der Waals surface area contributed by atoms with Gasteiger partial charge < -0.3 is 40.7 Å². The SMILES string of the molecule is CC(=O)N[C@@H]1[C@@H](O)CC(O)(C(=O)O)O[C@H]1C(O)[C@H](O)CO.CCCCCCCCC. The number of aliphatic hydroxyl groups excluding tert-OH is 4. The summed E-state index contributed by atoms with van der Waals surface area (Å²) in [6.45, 7) is 4.78. The van der Waals surface area contributed by atoms with Crippen LogP contribution < -0.4 is 5.32 Å². The fourth-order valence-corrected chi connectivity index (χ4v) is 3.17. The monoisotopic (exact) mass is 437 g/mol. The molecule has 0 aromatic carbocycles. The Morgan fingerprint density at radius 3 is 2.00 bits per heavy atom. The quantitative estimate of drug-likeness (QED) is 0.217. The summed E-state index contributed by atoms with van der Waals surface area (Å²) in [5.74, 6) is -5.17. The normalized spacial score (nSPS) is 28.1. The molecule has 0 aromatic rings. The smallest absolute Gasteiger partial charge is 0.364 e. The minimum atomic E-state index is -2.78. The highest BCUT2D eigenvalue weighted by atomic mass is 16.7. The number of rotatable bonds is 11. The molecule has 1 amide bonds. The van der Waals surface area contributed by atoms with E-state index in [1.165, 1.54) is 44.9 Å². The minimum Gasteiger partial charge on any atom is -0.477 e. The maximum atomic E-state index is 11.1. The zero-order valence-corrected chi connectivity index (χ0v) is 18.2. The lowest BCUT2D eigenvalue weighted by molar-refractivity contribution is -0.295. The summed E-state index contributed by atoms with van der Waals surface area (Å²) in [5, 5.41) is 59.0. The molecular weight excluding hydrogens is 398 g/mol. The Kier molecular flexibility index (Phi) is 14.0. The summed E-state index contributed by atoms with van der Waals surface area (Å²) in [5.41, 5.74) is 0. The van der Waals surface area contributed by atoms with Crippen molar-refractivity contribution in [2.24, 2.45) is 0 Å². The van der Waals surface area contributed by atoms with Crippen molar-refractivity contribution in [3.8, 4) is 0 Å². The van der Waals surface area contributed by atoms with Crippen LogP contribution in [-0.2, 0) is 14.3 Å². The number of aliphatic hydroxyl groups is 5. The summed E-state index contributed by atoms with van der Waals surface area (Å²) in [6, 6.07) is -1.27. The predicted octanol–water partition coefficient (Wildman–Crippen LogP) is -0.115. The van der Waals surface area contributed by atoms with Crippen LogP contribution in [0.3, 0.4) is 0 Å². The number of nitrogens with one attached hydrogen (secondary N) is 1. The van der Waals surface area contributed by atoms with E-state index in [9.17, 15) is 30.0 Å². The van der Waals surface area contributed by atoms with Gasteiger partial charge in [0.1, 0.15) is 18.3 Å². The summed E-state index contributed by atoms with van der Waals surface area (Å²) in [4.78, 5) is 22.1. The third-order valence-electron chi connectivity index (χ3n) is 4.91.